The van der Waals surface area contributed by atoms with Crippen LogP contribution in [0.5, 0.6) is 0 Å². The zero-order valence-electron chi connectivity index (χ0n) is 16.9. The Bertz CT molecular complexity index is 815. The number of hydrogen-bond donors (Lipinski definition) is 1. The summed E-state index contributed by atoms with van der Waals surface area (Å²) in [5, 5.41) is 2.95. The van der Waals surface area contributed by atoms with E-state index in [2.05, 4.69) is 24.4 Å². The van der Waals surface area contributed by atoms with E-state index in [-0.39, 0.29) is 11.9 Å². The predicted molar refractivity (Wildman–Crippen MR) is 113 cm³/mol. The third-order valence-electron chi connectivity index (χ3n) is 5.28. The summed E-state index contributed by atoms with van der Waals surface area (Å²) < 4.78 is 5.43. The highest BCUT2D eigenvalue weighted by molar-refractivity contribution is 7.14. The zero-order chi connectivity index (χ0) is 20.1. The molecule has 3 atom stereocenters. The summed E-state index contributed by atoms with van der Waals surface area (Å²) in [6.07, 6.45) is 4.16. The summed E-state index contributed by atoms with van der Waals surface area (Å²) in [5.41, 5.74) is 2.52. The molecule has 0 saturated heterocycles. The molecule has 5 heteroatoms. The van der Waals surface area contributed by atoms with Gasteiger partial charge < -0.3 is 10.1 Å². The molecule has 1 amide bonds. The van der Waals surface area contributed by atoms with Crippen LogP contribution in [-0.4, -0.2) is 24.0 Å². The lowest BCUT2D eigenvalue weighted by molar-refractivity contribution is -0.129. The molecular formula is C23H29NO3S. The molecule has 3 rings (SSSR count). The molecule has 0 fully saturated rings. The van der Waals surface area contributed by atoms with Gasteiger partial charge in [0.25, 0.3) is 5.91 Å². The van der Waals surface area contributed by atoms with Gasteiger partial charge in [0, 0.05) is 10.9 Å². The van der Waals surface area contributed by atoms with Crippen molar-refractivity contribution < 1.29 is 14.3 Å². The highest BCUT2D eigenvalue weighted by Gasteiger charge is 2.24. The number of amides is 1. The SMILES string of the molecule is C[C@@H]1CCc2sc(C(=O)O[C@H](C)C(=O)N[C@@H](C)CCc3ccccc3)cc2C1. The van der Waals surface area contributed by atoms with Gasteiger partial charge in [-0.1, -0.05) is 37.3 Å². The standard InChI is InChI=1S/C23H29NO3S/c1-15-9-12-20-19(13-15)14-21(28-20)23(26)27-17(3)22(25)24-16(2)10-11-18-7-5-4-6-8-18/h4-8,14-17H,9-13H2,1-3H3,(H,24,25)/t15-,16+,17-/m1/s1. The van der Waals surface area contributed by atoms with Crippen LogP contribution in [0.3, 0.4) is 0 Å². The largest absolute Gasteiger partial charge is 0.448 e. The molecule has 0 aliphatic heterocycles. The number of esters is 1. The van der Waals surface area contributed by atoms with Crippen molar-refractivity contribution in [2.24, 2.45) is 5.92 Å². The van der Waals surface area contributed by atoms with E-state index in [4.69, 9.17) is 4.74 Å². The summed E-state index contributed by atoms with van der Waals surface area (Å²) in [4.78, 5) is 26.7. The maximum Gasteiger partial charge on any atom is 0.349 e. The predicted octanol–water partition coefficient (Wildman–Crippen LogP) is 4.56. The van der Waals surface area contributed by atoms with E-state index in [1.54, 1.807) is 6.92 Å². The van der Waals surface area contributed by atoms with Crippen molar-refractivity contribution in [3.63, 3.8) is 0 Å². The first-order chi connectivity index (χ1) is 13.4. The Morgan fingerprint density at radius 2 is 2.00 bits per heavy atom. The Labute approximate surface area is 171 Å². The second kappa shape index (κ2) is 9.37. The van der Waals surface area contributed by atoms with Crippen LogP contribution < -0.4 is 5.32 Å². The molecule has 1 aliphatic rings. The van der Waals surface area contributed by atoms with Crippen LogP contribution in [0.2, 0.25) is 0 Å². The van der Waals surface area contributed by atoms with Crippen LogP contribution in [-0.2, 0) is 28.8 Å². The monoisotopic (exact) mass is 399 g/mol. The second-order valence-corrected chi connectivity index (χ2v) is 9.03. The Kier molecular flexibility index (Phi) is 6.89. The van der Waals surface area contributed by atoms with Gasteiger partial charge in [-0.15, -0.1) is 11.3 Å². The van der Waals surface area contributed by atoms with Gasteiger partial charge in [0.05, 0.1) is 0 Å². The summed E-state index contributed by atoms with van der Waals surface area (Å²) in [5.74, 6) is 0.0172. The fourth-order valence-electron chi connectivity index (χ4n) is 3.54. The molecular weight excluding hydrogens is 370 g/mol. The number of hydrogen-bond acceptors (Lipinski definition) is 4. The lowest BCUT2D eigenvalue weighted by Crippen LogP contribution is -2.40. The molecule has 1 aromatic heterocycles. The summed E-state index contributed by atoms with van der Waals surface area (Å²) in [6, 6.07) is 12.2. The van der Waals surface area contributed by atoms with Crippen LogP contribution >= 0.6 is 11.3 Å². The van der Waals surface area contributed by atoms with Gasteiger partial charge in [-0.3, -0.25) is 4.79 Å². The molecule has 0 unspecified atom stereocenters. The number of ether oxygens (including phenoxy) is 1. The van der Waals surface area contributed by atoms with Gasteiger partial charge >= 0.3 is 5.97 Å². The highest BCUT2D eigenvalue weighted by Crippen LogP contribution is 2.32. The van der Waals surface area contributed by atoms with Gasteiger partial charge in [-0.05, 0) is 69.1 Å². The number of carbonyl (C=O) groups excluding carboxylic acids is 2. The maximum absolute atomic E-state index is 12.5. The molecule has 0 spiro atoms. The minimum absolute atomic E-state index is 0.0180. The van der Waals surface area contributed by atoms with Crippen LogP contribution in [0.1, 0.15) is 59.3 Å². The summed E-state index contributed by atoms with van der Waals surface area (Å²) in [7, 11) is 0. The third kappa shape index (κ3) is 5.44. The number of thiophene rings is 1. The van der Waals surface area contributed by atoms with Gasteiger partial charge in [0.1, 0.15) is 4.88 Å². The first-order valence-corrected chi connectivity index (χ1v) is 10.9. The van der Waals surface area contributed by atoms with Crippen LogP contribution in [0.4, 0.5) is 0 Å². The number of aryl methyl sites for hydroxylation is 2. The topological polar surface area (TPSA) is 55.4 Å². The number of fused-ring (bicyclic) bond motifs is 1. The second-order valence-electron chi connectivity index (χ2n) is 7.89. The average Bonchev–Trinajstić information content (AvgIpc) is 3.10. The molecule has 28 heavy (non-hydrogen) atoms. The Morgan fingerprint density at radius 3 is 2.75 bits per heavy atom. The van der Waals surface area contributed by atoms with E-state index in [1.165, 1.54) is 33.8 Å². The van der Waals surface area contributed by atoms with Crippen LogP contribution in [0.15, 0.2) is 36.4 Å². The molecule has 0 radical (unpaired) electrons. The van der Waals surface area contributed by atoms with E-state index in [9.17, 15) is 9.59 Å². The van der Waals surface area contributed by atoms with Crippen LogP contribution in [0, 0.1) is 5.92 Å². The van der Waals surface area contributed by atoms with E-state index in [0.29, 0.717) is 10.8 Å². The maximum atomic E-state index is 12.5. The quantitative estimate of drug-likeness (QED) is 0.695. The van der Waals surface area contributed by atoms with Crippen molar-refractivity contribution in [3.05, 3.63) is 57.3 Å². The van der Waals surface area contributed by atoms with E-state index in [1.807, 2.05) is 31.2 Å². The lowest BCUT2D eigenvalue weighted by Gasteiger charge is -2.17. The van der Waals surface area contributed by atoms with E-state index in [0.717, 1.165) is 25.7 Å². The molecule has 1 heterocycles. The zero-order valence-corrected chi connectivity index (χ0v) is 17.7. The van der Waals surface area contributed by atoms with Crippen molar-refractivity contribution in [1.29, 1.82) is 0 Å². The molecule has 0 saturated carbocycles. The van der Waals surface area contributed by atoms with Gasteiger partial charge in [0.2, 0.25) is 0 Å². The summed E-state index contributed by atoms with van der Waals surface area (Å²) >= 11 is 1.51. The van der Waals surface area contributed by atoms with Gasteiger partial charge in [0.15, 0.2) is 6.10 Å². The lowest BCUT2D eigenvalue weighted by atomic mass is 9.90. The molecule has 4 nitrogen and oxygen atoms in total. The molecule has 150 valence electrons. The fourth-order valence-corrected chi connectivity index (χ4v) is 4.63. The highest BCUT2D eigenvalue weighted by atomic mass is 32.1. The molecule has 1 N–H and O–H groups in total. The van der Waals surface area contributed by atoms with E-state index < -0.39 is 12.1 Å². The molecule has 1 aliphatic carbocycles. The first kappa shape index (κ1) is 20.6. The first-order valence-electron chi connectivity index (χ1n) is 10.1. The van der Waals surface area contributed by atoms with Gasteiger partial charge in [-0.25, -0.2) is 4.79 Å². The Morgan fingerprint density at radius 1 is 1.25 bits per heavy atom. The molecule has 2 aromatic rings. The van der Waals surface area contributed by atoms with Gasteiger partial charge in [-0.2, -0.15) is 0 Å². The molecule has 1 aromatic carbocycles. The van der Waals surface area contributed by atoms with Crippen molar-refractivity contribution in [1.82, 2.24) is 5.32 Å². The van der Waals surface area contributed by atoms with Crippen molar-refractivity contribution in [3.8, 4) is 0 Å². The average molecular weight is 400 g/mol. The number of benzene rings is 1. The van der Waals surface area contributed by atoms with Crippen LogP contribution in [0.25, 0.3) is 0 Å². The van der Waals surface area contributed by atoms with E-state index >= 15 is 0 Å². The third-order valence-corrected chi connectivity index (χ3v) is 6.50. The fraction of sp³-hybridized carbons (Fsp3) is 0.478. The van der Waals surface area contributed by atoms with Crippen molar-refractivity contribution >= 4 is 23.2 Å². The van der Waals surface area contributed by atoms with Crippen molar-refractivity contribution in [2.45, 2.75) is 65.0 Å². The summed E-state index contributed by atoms with van der Waals surface area (Å²) in [6.45, 7) is 5.85. The Hall–Kier alpha value is -2.14. The van der Waals surface area contributed by atoms with Crippen molar-refractivity contribution in [2.75, 3.05) is 0 Å². The molecule has 0 bridgehead atoms. The minimum Gasteiger partial charge on any atom is -0.448 e. The minimum atomic E-state index is -0.801. The smallest absolute Gasteiger partial charge is 0.349 e. The Balaban J connectivity index is 1.47. The number of rotatable bonds is 7. The number of nitrogens with one attached hydrogen (secondary N) is 1. The normalized spacial score (nSPS) is 18.0. The number of carbonyl (C=O) groups is 2.